The molecule has 12 heteroatoms. The Morgan fingerprint density at radius 3 is 2.41 bits per heavy atom. The first-order valence-electron chi connectivity index (χ1n) is 11.1. The number of hydrogen-bond acceptors (Lipinski definition) is 9. The van der Waals surface area contributed by atoms with Gasteiger partial charge in [-0.25, -0.2) is 0 Å². The predicted molar refractivity (Wildman–Crippen MR) is 126 cm³/mol. The first-order valence-corrected chi connectivity index (χ1v) is 13.4. The van der Waals surface area contributed by atoms with Crippen molar-refractivity contribution in [3.8, 4) is 0 Å². The molecule has 32 heavy (non-hydrogen) atoms. The minimum atomic E-state index is -2.50. The third-order valence-corrected chi connectivity index (χ3v) is 8.67. The number of fused-ring (bicyclic) bond motifs is 6. The predicted octanol–water partition coefficient (Wildman–Crippen LogP) is 1.55. The van der Waals surface area contributed by atoms with Crippen molar-refractivity contribution in [2.75, 3.05) is 72.2 Å². The average molecular weight is 486 g/mol. The summed E-state index contributed by atoms with van der Waals surface area (Å²) in [6, 6.07) is 5.54. The molecule has 0 aliphatic carbocycles. The fourth-order valence-corrected chi connectivity index (χ4v) is 6.35. The summed E-state index contributed by atoms with van der Waals surface area (Å²) in [5.74, 6) is 0. The second-order valence-corrected chi connectivity index (χ2v) is 10.8. The molecule has 0 amide bonds. The van der Waals surface area contributed by atoms with E-state index in [4.69, 9.17) is 24.9 Å². The van der Waals surface area contributed by atoms with Gasteiger partial charge in [0.25, 0.3) is 5.69 Å². The van der Waals surface area contributed by atoms with Crippen molar-refractivity contribution in [1.82, 2.24) is 15.5 Å². The van der Waals surface area contributed by atoms with E-state index in [1.165, 1.54) is 6.07 Å². The molecular weight excluding hydrogens is 454 g/mol. The zero-order valence-electron chi connectivity index (χ0n) is 18.3. The maximum atomic E-state index is 10.9. The minimum Gasteiger partial charge on any atom is -0.372 e. The van der Waals surface area contributed by atoms with Gasteiger partial charge in [0.05, 0.1) is 31.3 Å². The van der Waals surface area contributed by atoms with Crippen LogP contribution in [0.25, 0.3) is 0 Å². The third-order valence-electron chi connectivity index (χ3n) is 5.36. The molecular formula is C20H32ClN5O5Si. The van der Waals surface area contributed by atoms with Crippen molar-refractivity contribution in [2.24, 2.45) is 4.99 Å². The Kier molecular flexibility index (Phi) is 10.5. The van der Waals surface area contributed by atoms with E-state index in [9.17, 15) is 10.1 Å². The van der Waals surface area contributed by atoms with Crippen LogP contribution in [0.2, 0.25) is 11.1 Å². The molecule has 0 atom stereocenters. The highest BCUT2D eigenvalue weighted by Gasteiger charge is 2.43. The number of aliphatic imine (C=N–C) groups is 1. The summed E-state index contributed by atoms with van der Waals surface area (Å²) in [5.41, 5.74) is 0.441. The topological polar surface area (TPSA) is 110 Å². The molecule has 4 rings (SSSR count). The van der Waals surface area contributed by atoms with Crippen molar-refractivity contribution in [2.45, 2.75) is 12.5 Å². The number of rotatable bonds is 12. The molecule has 1 aromatic carbocycles. The molecule has 3 aliphatic heterocycles. The summed E-state index contributed by atoms with van der Waals surface area (Å²) in [7, 11) is -2.50. The van der Waals surface area contributed by atoms with Gasteiger partial charge in [-0.1, -0.05) is 23.7 Å². The van der Waals surface area contributed by atoms with Gasteiger partial charge in [-0.2, -0.15) is 0 Å². The molecule has 3 saturated heterocycles. The Labute approximate surface area is 194 Å². The Morgan fingerprint density at radius 1 is 1.09 bits per heavy atom. The second kappa shape index (κ2) is 13.3. The van der Waals surface area contributed by atoms with Gasteiger partial charge < -0.3 is 23.9 Å². The smallest absolute Gasteiger partial charge is 0.372 e. The summed E-state index contributed by atoms with van der Waals surface area (Å²) in [6.45, 7) is 8.83. The fourth-order valence-electron chi connectivity index (χ4n) is 3.61. The van der Waals surface area contributed by atoms with Crippen LogP contribution in [-0.2, 0) is 13.3 Å². The lowest BCUT2D eigenvalue weighted by Crippen LogP contribution is -2.55. The van der Waals surface area contributed by atoms with Gasteiger partial charge in [-0.15, -0.1) is 0 Å². The first-order chi connectivity index (χ1) is 15.6. The van der Waals surface area contributed by atoms with E-state index < -0.39 is 13.7 Å². The van der Waals surface area contributed by atoms with Crippen LogP contribution < -0.4 is 10.6 Å². The number of nitro benzene ring substituents is 1. The number of nitrogens with one attached hydrogen (secondary N) is 2. The van der Waals surface area contributed by atoms with Crippen LogP contribution in [0.15, 0.2) is 23.2 Å². The molecule has 3 aliphatic rings. The quantitative estimate of drug-likeness (QED) is 0.151. The van der Waals surface area contributed by atoms with E-state index in [0.29, 0.717) is 38.5 Å². The van der Waals surface area contributed by atoms with Crippen molar-refractivity contribution in [1.29, 1.82) is 0 Å². The lowest BCUT2D eigenvalue weighted by atomic mass is 10.2. The Bertz CT molecular complexity index is 745. The number of hydrogen-bond donors (Lipinski definition) is 2. The van der Waals surface area contributed by atoms with Crippen LogP contribution in [-0.4, -0.2) is 97.0 Å². The van der Waals surface area contributed by atoms with Gasteiger partial charge >= 0.3 is 8.80 Å². The second-order valence-electron chi connectivity index (χ2n) is 7.65. The number of nitro groups is 1. The minimum absolute atomic E-state index is 0.109. The fraction of sp³-hybridized carbons (Fsp3) is 0.650. The van der Waals surface area contributed by atoms with Crippen LogP contribution in [0.4, 0.5) is 5.69 Å². The standard InChI is InChI=1S/C20H32ClN5O5Si/c21-20-18(3-1-4-19(20)26(27)28)17-24-9-8-23-7-6-22-5-2-16-32-29-13-10-25(11-14-30-32)12-15-31-32/h1,3-4,17,22-23H,2,5-16H2. The molecule has 178 valence electrons. The van der Waals surface area contributed by atoms with E-state index in [1.54, 1.807) is 18.3 Å². The van der Waals surface area contributed by atoms with Crippen molar-refractivity contribution >= 4 is 32.3 Å². The molecule has 2 N–H and O–H groups in total. The van der Waals surface area contributed by atoms with E-state index in [-0.39, 0.29) is 10.7 Å². The van der Waals surface area contributed by atoms with E-state index in [2.05, 4.69) is 20.5 Å². The van der Waals surface area contributed by atoms with Gasteiger partial charge in [-0.05, 0) is 13.0 Å². The molecule has 0 spiro atoms. The largest absolute Gasteiger partial charge is 0.501 e. The van der Waals surface area contributed by atoms with Crippen LogP contribution in [0.1, 0.15) is 12.0 Å². The van der Waals surface area contributed by atoms with Gasteiger partial charge in [-0.3, -0.25) is 20.0 Å². The van der Waals surface area contributed by atoms with Crippen molar-refractivity contribution in [3.63, 3.8) is 0 Å². The molecule has 2 bridgehead atoms. The summed E-state index contributed by atoms with van der Waals surface area (Å²) in [4.78, 5) is 17.0. The molecule has 3 fully saturated rings. The normalized spacial score (nSPS) is 23.7. The molecule has 0 unspecified atom stereocenters. The van der Waals surface area contributed by atoms with Gasteiger partial charge in [0.1, 0.15) is 5.02 Å². The van der Waals surface area contributed by atoms with Crippen LogP contribution in [0.3, 0.4) is 0 Å². The molecule has 0 saturated carbocycles. The maximum Gasteiger partial charge on any atom is 0.501 e. The van der Waals surface area contributed by atoms with E-state index in [0.717, 1.165) is 51.7 Å². The monoisotopic (exact) mass is 485 g/mol. The lowest BCUT2D eigenvalue weighted by molar-refractivity contribution is -0.384. The molecule has 10 nitrogen and oxygen atoms in total. The van der Waals surface area contributed by atoms with Crippen LogP contribution in [0, 0.1) is 10.1 Å². The highest BCUT2D eigenvalue weighted by Crippen LogP contribution is 2.26. The highest BCUT2D eigenvalue weighted by molar-refractivity contribution is 6.60. The Hall–Kier alpha value is -1.44. The Balaban J connectivity index is 1.23. The SMILES string of the molecule is O=[N+]([O-])c1cccc(C=NCCNCCNCCC[Si]23OCCN(CCO2)CCO3)c1Cl. The molecule has 0 aromatic heterocycles. The zero-order valence-corrected chi connectivity index (χ0v) is 20.0. The summed E-state index contributed by atoms with van der Waals surface area (Å²) >= 11 is 6.04. The van der Waals surface area contributed by atoms with E-state index >= 15 is 0 Å². The first kappa shape index (κ1) is 25.2. The summed E-state index contributed by atoms with van der Waals surface area (Å²) in [5, 5.41) is 17.8. The molecule has 1 aromatic rings. The number of nitrogens with zero attached hydrogens (tertiary/aromatic N) is 3. The van der Waals surface area contributed by atoms with Gasteiger partial charge in [0.15, 0.2) is 0 Å². The Morgan fingerprint density at radius 2 is 1.75 bits per heavy atom. The molecule has 3 heterocycles. The molecule has 0 radical (unpaired) electrons. The number of halogens is 1. The summed E-state index contributed by atoms with van der Waals surface area (Å²) < 4.78 is 18.1. The van der Waals surface area contributed by atoms with Gasteiger partial charge in [0, 0.05) is 63.2 Å². The lowest BCUT2D eigenvalue weighted by Gasteiger charge is -2.38. The van der Waals surface area contributed by atoms with Crippen LogP contribution in [0.5, 0.6) is 0 Å². The number of benzene rings is 1. The van der Waals surface area contributed by atoms with Crippen LogP contribution >= 0.6 is 11.6 Å². The third kappa shape index (κ3) is 7.85. The van der Waals surface area contributed by atoms with Crippen molar-refractivity contribution < 1.29 is 18.2 Å². The highest BCUT2D eigenvalue weighted by atomic mass is 35.5. The van der Waals surface area contributed by atoms with E-state index in [1.807, 2.05) is 0 Å². The van der Waals surface area contributed by atoms with Crippen molar-refractivity contribution in [3.05, 3.63) is 38.9 Å². The zero-order chi connectivity index (χ0) is 22.7. The summed E-state index contributed by atoms with van der Waals surface area (Å²) in [6.07, 6.45) is 2.54. The van der Waals surface area contributed by atoms with Gasteiger partial charge in [0.2, 0.25) is 0 Å². The average Bonchev–Trinajstić information content (AvgIpc) is 2.73. The maximum absolute atomic E-state index is 10.9.